The lowest BCUT2D eigenvalue weighted by molar-refractivity contribution is -0.138. The molecule has 1 amide bonds. The number of anilines is 1. The van der Waals surface area contributed by atoms with E-state index in [1.807, 2.05) is 13.8 Å². The first-order valence-electron chi connectivity index (χ1n) is 9.00. The number of carbonyl (C=O) groups is 1. The quantitative estimate of drug-likeness (QED) is 0.538. The van der Waals surface area contributed by atoms with E-state index in [9.17, 15) is 18.0 Å². The molecular weight excluding hydrogens is 419 g/mol. The average Bonchev–Trinajstić information content (AvgIpc) is 2.64. The van der Waals surface area contributed by atoms with E-state index in [2.05, 4.69) is 15.4 Å². The second kappa shape index (κ2) is 9.24. The number of ether oxygens (including phenoxy) is 1. The number of nitrogens with zero attached hydrogens (tertiary/aromatic N) is 3. The summed E-state index contributed by atoms with van der Waals surface area (Å²) in [5, 5.41) is 0.415. The van der Waals surface area contributed by atoms with E-state index in [4.69, 9.17) is 22.7 Å². The van der Waals surface area contributed by atoms with Crippen molar-refractivity contribution in [3.05, 3.63) is 47.4 Å². The van der Waals surface area contributed by atoms with Gasteiger partial charge >= 0.3 is 6.18 Å². The normalized spacial score (nSPS) is 11.5. The van der Waals surface area contributed by atoms with E-state index in [0.717, 1.165) is 17.3 Å². The zero-order valence-electron chi connectivity index (χ0n) is 16.8. The maximum absolute atomic E-state index is 13.5. The molecule has 0 unspecified atom stereocenters. The first kappa shape index (κ1) is 23.3. The Bertz CT molecular complexity index is 917. The van der Waals surface area contributed by atoms with Crippen molar-refractivity contribution in [3.63, 3.8) is 0 Å². The highest BCUT2D eigenvalue weighted by Crippen LogP contribution is 2.36. The summed E-state index contributed by atoms with van der Waals surface area (Å²) in [4.78, 5) is 20.5. The maximum atomic E-state index is 13.5. The lowest BCUT2D eigenvalue weighted by Gasteiger charge is -2.24. The second-order valence-corrected chi connectivity index (χ2v) is 7.36. The summed E-state index contributed by atoms with van der Waals surface area (Å²) in [6.45, 7) is 6.93. The van der Waals surface area contributed by atoms with Gasteiger partial charge in [0.25, 0.3) is 5.91 Å². The topological polar surface area (TPSA) is 93.4 Å². The van der Waals surface area contributed by atoms with Gasteiger partial charge in [-0.05, 0) is 55.7 Å². The van der Waals surface area contributed by atoms with Crippen LogP contribution in [0.4, 0.5) is 19.0 Å². The molecule has 0 aliphatic heterocycles. The zero-order valence-corrected chi connectivity index (χ0v) is 17.6. The first-order chi connectivity index (χ1) is 13.9. The maximum Gasteiger partial charge on any atom is 0.416 e. The average molecular weight is 441 g/mol. The van der Waals surface area contributed by atoms with Crippen LogP contribution in [-0.4, -0.2) is 27.1 Å². The summed E-state index contributed by atoms with van der Waals surface area (Å²) >= 11 is 4.88. The van der Waals surface area contributed by atoms with Crippen molar-refractivity contribution >= 4 is 29.1 Å². The molecule has 2 rings (SSSR count). The minimum absolute atomic E-state index is 0.0119. The van der Waals surface area contributed by atoms with Gasteiger partial charge in [-0.1, -0.05) is 13.8 Å². The van der Waals surface area contributed by atoms with Crippen LogP contribution in [0.25, 0.3) is 0 Å². The molecule has 11 heteroatoms. The van der Waals surface area contributed by atoms with Crippen LogP contribution in [-0.2, 0) is 6.18 Å². The van der Waals surface area contributed by atoms with Gasteiger partial charge in [-0.2, -0.15) is 13.2 Å². The molecule has 3 N–H and O–H groups in total. The predicted octanol–water partition coefficient (Wildman–Crippen LogP) is 3.80. The number of hydrogen-bond donors (Lipinski definition) is 2. The van der Waals surface area contributed by atoms with Crippen LogP contribution >= 0.6 is 12.2 Å². The van der Waals surface area contributed by atoms with Gasteiger partial charge in [0, 0.05) is 6.20 Å². The number of aromatic nitrogens is 2. The highest BCUT2D eigenvalue weighted by atomic mass is 32.1. The number of amides is 1. The third-order valence-electron chi connectivity index (χ3n) is 3.85. The van der Waals surface area contributed by atoms with E-state index in [0.29, 0.717) is 5.75 Å². The monoisotopic (exact) mass is 441 g/mol. The third kappa shape index (κ3) is 5.78. The van der Waals surface area contributed by atoms with Gasteiger partial charge in [-0.15, -0.1) is 0 Å². The van der Waals surface area contributed by atoms with Gasteiger partial charge < -0.3 is 10.5 Å². The second-order valence-electron chi connectivity index (χ2n) is 6.94. The standard InChI is InChI=1S/C19H22F3N5O2S/c1-10(2)13-9-25-16(7-14(13)19(20,21)22)27(18(23)30)26-17(28)15-6-5-12(8-24-15)29-11(3)4/h5-11H,1-4H3,(H2,23,30)(H,26,28). The van der Waals surface area contributed by atoms with E-state index in [-0.39, 0.29) is 28.3 Å². The zero-order chi connectivity index (χ0) is 22.6. The number of thiocarbonyl (C=S) groups is 1. The Morgan fingerprint density at radius 2 is 1.87 bits per heavy atom. The van der Waals surface area contributed by atoms with Crippen LogP contribution in [0, 0.1) is 0 Å². The predicted molar refractivity (Wildman–Crippen MR) is 110 cm³/mol. The smallest absolute Gasteiger partial charge is 0.416 e. The number of pyridine rings is 2. The molecular formula is C19H22F3N5O2S. The molecule has 2 heterocycles. The molecule has 0 radical (unpaired) electrons. The highest BCUT2D eigenvalue weighted by Gasteiger charge is 2.35. The summed E-state index contributed by atoms with van der Waals surface area (Å²) < 4.78 is 45.9. The largest absolute Gasteiger partial charge is 0.489 e. The fourth-order valence-corrected chi connectivity index (χ4v) is 2.66. The molecule has 0 atom stereocenters. The summed E-state index contributed by atoms with van der Waals surface area (Å²) in [6, 6.07) is 3.74. The number of carbonyl (C=O) groups excluding carboxylic acids is 1. The van der Waals surface area contributed by atoms with E-state index in [1.54, 1.807) is 19.9 Å². The minimum Gasteiger partial charge on any atom is -0.489 e. The highest BCUT2D eigenvalue weighted by molar-refractivity contribution is 7.80. The lowest BCUT2D eigenvalue weighted by atomic mass is 9.99. The molecule has 0 saturated heterocycles. The van der Waals surface area contributed by atoms with Crippen LogP contribution in [0.5, 0.6) is 5.75 Å². The molecule has 0 fully saturated rings. The molecule has 0 spiro atoms. The Balaban J connectivity index is 2.32. The molecule has 7 nitrogen and oxygen atoms in total. The fraction of sp³-hybridized carbons (Fsp3) is 0.368. The summed E-state index contributed by atoms with van der Waals surface area (Å²) in [6.07, 6.45) is -2.23. The Morgan fingerprint density at radius 3 is 2.33 bits per heavy atom. The number of alkyl halides is 3. The van der Waals surface area contributed by atoms with Crippen LogP contribution in [0.15, 0.2) is 30.6 Å². The third-order valence-corrected chi connectivity index (χ3v) is 4.03. The fourth-order valence-electron chi connectivity index (χ4n) is 2.52. The summed E-state index contributed by atoms with van der Waals surface area (Å²) in [5.41, 5.74) is 7.07. The Morgan fingerprint density at radius 1 is 1.20 bits per heavy atom. The molecule has 162 valence electrons. The molecule has 0 aromatic carbocycles. The van der Waals surface area contributed by atoms with Gasteiger partial charge in [-0.3, -0.25) is 10.2 Å². The Kier molecular flexibility index (Phi) is 7.19. The van der Waals surface area contributed by atoms with Crippen molar-refractivity contribution in [2.24, 2.45) is 5.73 Å². The molecule has 2 aromatic rings. The Hall–Kier alpha value is -2.95. The van der Waals surface area contributed by atoms with E-state index in [1.165, 1.54) is 12.3 Å². The number of hydrogen-bond acceptors (Lipinski definition) is 5. The lowest BCUT2D eigenvalue weighted by Crippen LogP contribution is -2.49. The van der Waals surface area contributed by atoms with Gasteiger partial charge in [0.15, 0.2) is 10.9 Å². The van der Waals surface area contributed by atoms with Crippen molar-refractivity contribution in [1.29, 1.82) is 0 Å². The van der Waals surface area contributed by atoms with E-state index < -0.39 is 23.6 Å². The van der Waals surface area contributed by atoms with Gasteiger partial charge in [0.1, 0.15) is 11.4 Å². The van der Waals surface area contributed by atoms with Crippen LogP contribution in [0.2, 0.25) is 0 Å². The van der Waals surface area contributed by atoms with Crippen molar-refractivity contribution in [3.8, 4) is 5.75 Å². The van der Waals surface area contributed by atoms with Crippen molar-refractivity contribution in [2.75, 3.05) is 5.01 Å². The first-order valence-corrected chi connectivity index (χ1v) is 9.41. The van der Waals surface area contributed by atoms with Crippen LogP contribution < -0.4 is 20.9 Å². The van der Waals surface area contributed by atoms with Crippen LogP contribution in [0.3, 0.4) is 0 Å². The minimum atomic E-state index is -4.61. The van der Waals surface area contributed by atoms with Crippen molar-refractivity contribution < 1.29 is 22.7 Å². The van der Waals surface area contributed by atoms with Gasteiger partial charge in [0.05, 0.1) is 17.9 Å². The number of halogens is 3. The summed E-state index contributed by atoms with van der Waals surface area (Å²) in [7, 11) is 0. The SMILES string of the molecule is CC(C)Oc1ccc(C(=O)NN(C(N)=S)c2cc(C(F)(F)F)c(C(C)C)cn2)nc1. The molecule has 2 aromatic heterocycles. The molecule has 0 aliphatic rings. The van der Waals surface area contributed by atoms with E-state index >= 15 is 0 Å². The van der Waals surface area contributed by atoms with Gasteiger partial charge in [0.2, 0.25) is 0 Å². The number of hydrazine groups is 1. The summed E-state index contributed by atoms with van der Waals surface area (Å²) in [5.74, 6) is -0.949. The molecule has 0 bridgehead atoms. The Labute approximate surface area is 177 Å². The van der Waals surface area contributed by atoms with Crippen LogP contribution in [0.1, 0.15) is 55.2 Å². The molecule has 0 saturated carbocycles. The van der Waals surface area contributed by atoms with Crippen molar-refractivity contribution in [1.82, 2.24) is 15.4 Å². The van der Waals surface area contributed by atoms with Gasteiger partial charge in [-0.25, -0.2) is 15.0 Å². The molecule has 0 aliphatic carbocycles. The molecule has 30 heavy (non-hydrogen) atoms. The number of nitrogens with one attached hydrogen (secondary N) is 1. The number of rotatable bonds is 5. The van der Waals surface area contributed by atoms with Crippen molar-refractivity contribution in [2.45, 2.75) is 45.9 Å². The number of nitrogens with two attached hydrogens (primary N) is 1.